The molecule has 0 aliphatic carbocycles. The molecule has 0 bridgehead atoms. The highest BCUT2D eigenvalue weighted by Crippen LogP contribution is 2.33. The van der Waals surface area contributed by atoms with E-state index in [1.54, 1.807) is 6.07 Å². The molecule has 0 saturated heterocycles. The van der Waals surface area contributed by atoms with Gasteiger partial charge in [-0.15, -0.1) is 0 Å². The molecule has 3 nitrogen and oxygen atoms in total. The number of nitrogens with zero attached hydrogens (tertiary/aromatic N) is 2. The van der Waals surface area contributed by atoms with Crippen LogP contribution in [0.15, 0.2) is 28.7 Å². The highest BCUT2D eigenvalue weighted by Gasteiger charge is 2.16. The van der Waals surface area contributed by atoms with Crippen molar-refractivity contribution in [3.63, 3.8) is 0 Å². The largest absolute Gasteiger partial charge is 0.453 e. The lowest BCUT2D eigenvalue weighted by atomic mass is 10.2. The first-order valence-corrected chi connectivity index (χ1v) is 7.57. The second-order valence-electron chi connectivity index (χ2n) is 4.92. The summed E-state index contributed by atoms with van der Waals surface area (Å²) in [6, 6.07) is 7.59. The van der Waals surface area contributed by atoms with Gasteiger partial charge in [-0.25, -0.2) is 9.97 Å². The molecular weight excluding hydrogens is 307 g/mol. The van der Waals surface area contributed by atoms with Crippen LogP contribution in [0.4, 0.5) is 0 Å². The van der Waals surface area contributed by atoms with Crippen molar-refractivity contribution in [2.24, 2.45) is 0 Å². The standard InChI is InChI=1S/C16H14Cl2N2O/c1-3-5-13-19-14(9(2)16(18)20-13)12-8-10-6-4-7-11(17)15(10)21-12/h4,6-8H,3,5H2,1-2H3. The molecule has 0 spiro atoms. The Bertz CT molecular complexity index is 811. The first-order chi connectivity index (χ1) is 10.1. The molecule has 0 N–H and O–H groups in total. The minimum atomic E-state index is 0.468. The maximum atomic E-state index is 6.22. The second-order valence-corrected chi connectivity index (χ2v) is 5.69. The number of halogens is 2. The topological polar surface area (TPSA) is 38.9 Å². The molecule has 2 heterocycles. The normalized spacial score (nSPS) is 11.2. The zero-order valence-electron chi connectivity index (χ0n) is 11.8. The van der Waals surface area contributed by atoms with Crippen LogP contribution in [-0.4, -0.2) is 9.97 Å². The van der Waals surface area contributed by atoms with Gasteiger partial charge in [-0.3, -0.25) is 0 Å². The van der Waals surface area contributed by atoms with Gasteiger partial charge < -0.3 is 4.42 Å². The molecule has 0 amide bonds. The van der Waals surface area contributed by atoms with E-state index in [1.165, 1.54) is 0 Å². The lowest BCUT2D eigenvalue weighted by Gasteiger charge is -2.06. The van der Waals surface area contributed by atoms with Gasteiger partial charge in [-0.05, 0) is 25.5 Å². The summed E-state index contributed by atoms with van der Waals surface area (Å²) in [6.07, 6.45) is 1.75. The smallest absolute Gasteiger partial charge is 0.154 e. The van der Waals surface area contributed by atoms with Crippen molar-refractivity contribution in [1.29, 1.82) is 0 Å². The summed E-state index contributed by atoms with van der Waals surface area (Å²) in [5, 5.41) is 2.00. The van der Waals surface area contributed by atoms with Crippen LogP contribution in [0.2, 0.25) is 10.2 Å². The molecule has 3 rings (SSSR count). The van der Waals surface area contributed by atoms with Crippen molar-refractivity contribution in [1.82, 2.24) is 9.97 Å². The lowest BCUT2D eigenvalue weighted by Crippen LogP contribution is -2.00. The Balaban J connectivity index is 2.19. The van der Waals surface area contributed by atoms with Crippen LogP contribution in [0.1, 0.15) is 24.7 Å². The third-order valence-corrected chi connectivity index (χ3v) is 4.00. The van der Waals surface area contributed by atoms with Crippen LogP contribution in [0.25, 0.3) is 22.4 Å². The fraction of sp³-hybridized carbons (Fsp3) is 0.250. The molecule has 108 valence electrons. The minimum Gasteiger partial charge on any atom is -0.453 e. The summed E-state index contributed by atoms with van der Waals surface area (Å²) < 4.78 is 5.87. The summed E-state index contributed by atoms with van der Waals surface area (Å²) in [6.45, 7) is 3.97. The highest BCUT2D eigenvalue weighted by molar-refractivity contribution is 6.34. The zero-order valence-corrected chi connectivity index (χ0v) is 13.3. The zero-order chi connectivity index (χ0) is 15.0. The fourth-order valence-corrected chi connectivity index (χ4v) is 2.66. The number of hydrogen-bond acceptors (Lipinski definition) is 3. The van der Waals surface area contributed by atoms with Crippen molar-refractivity contribution in [2.45, 2.75) is 26.7 Å². The Morgan fingerprint density at radius 3 is 2.71 bits per heavy atom. The molecule has 2 aromatic heterocycles. The number of aromatic nitrogens is 2. The van der Waals surface area contributed by atoms with E-state index in [-0.39, 0.29) is 0 Å². The molecule has 0 atom stereocenters. The predicted octanol–water partition coefficient (Wildman–Crippen LogP) is 5.46. The van der Waals surface area contributed by atoms with Gasteiger partial charge in [-0.2, -0.15) is 0 Å². The summed E-state index contributed by atoms with van der Waals surface area (Å²) in [4.78, 5) is 8.89. The van der Waals surface area contributed by atoms with Crippen molar-refractivity contribution in [2.75, 3.05) is 0 Å². The lowest BCUT2D eigenvalue weighted by molar-refractivity contribution is 0.626. The average molecular weight is 321 g/mol. The van der Waals surface area contributed by atoms with Crippen molar-refractivity contribution >= 4 is 34.2 Å². The van der Waals surface area contributed by atoms with Crippen LogP contribution >= 0.6 is 23.2 Å². The van der Waals surface area contributed by atoms with Crippen LogP contribution in [-0.2, 0) is 6.42 Å². The van der Waals surface area contributed by atoms with E-state index in [0.717, 1.165) is 35.3 Å². The van der Waals surface area contributed by atoms with Crippen molar-refractivity contribution in [3.8, 4) is 11.5 Å². The Kier molecular flexibility index (Phi) is 3.87. The van der Waals surface area contributed by atoms with Gasteiger partial charge in [0.2, 0.25) is 0 Å². The van der Waals surface area contributed by atoms with Crippen molar-refractivity contribution < 1.29 is 4.42 Å². The Labute approximate surface area is 132 Å². The number of hydrogen-bond donors (Lipinski definition) is 0. The molecule has 3 aromatic rings. The Morgan fingerprint density at radius 2 is 2.00 bits per heavy atom. The summed E-state index contributed by atoms with van der Waals surface area (Å²) >= 11 is 12.4. The fourth-order valence-electron chi connectivity index (χ4n) is 2.25. The van der Waals surface area contributed by atoms with E-state index in [2.05, 4.69) is 16.9 Å². The molecule has 0 aliphatic heterocycles. The van der Waals surface area contributed by atoms with Gasteiger partial charge in [0.25, 0.3) is 0 Å². The number of aryl methyl sites for hydroxylation is 1. The van der Waals surface area contributed by atoms with Crippen LogP contribution < -0.4 is 0 Å². The molecule has 21 heavy (non-hydrogen) atoms. The molecule has 0 fully saturated rings. The third-order valence-electron chi connectivity index (χ3n) is 3.34. The number of para-hydroxylation sites is 1. The van der Waals surface area contributed by atoms with E-state index >= 15 is 0 Å². The van der Waals surface area contributed by atoms with Crippen LogP contribution in [0.3, 0.4) is 0 Å². The van der Waals surface area contributed by atoms with Crippen LogP contribution in [0, 0.1) is 6.92 Å². The predicted molar refractivity (Wildman–Crippen MR) is 86.0 cm³/mol. The van der Waals surface area contributed by atoms with E-state index in [1.807, 2.05) is 25.1 Å². The molecule has 0 saturated carbocycles. The number of benzene rings is 1. The third kappa shape index (κ3) is 2.63. The van der Waals surface area contributed by atoms with E-state index in [0.29, 0.717) is 21.5 Å². The molecule has 5 heteroatoms. The van der Waals surface area contributed by atoms with Gasteiger partial charge in [0.05, 0.1) is 5.02 Å². The minimum absolute atomic E-state index is 0.468. The summed E-state index contributed by atoms with van der Waals surface area (Å²) in [7, 11) is 0. The first kappa shape index (κ1) is 14.4. The van der Waals surface area contributed by atoms with Gasteiger partial charge in [0, 0.05) is 17.4 Å². The highest BCUT2D eigenvalue weighted by atomic mass is 35.5. The van der Waals surface area contributed by atoms with Crippen LogP contribution in [0.5, 0.6) is 0 Å². The number of furan rings is 1. The van der Waals surface area contributed by atoms with E-state index in [4.69, 9.17) is 27.6 Å². The molecule has 0 aliphatic rings. The number of fused-ring (bicyclic) bond motifs is 1. The van der Waals surface area contributed by atoms with Crippen molar-refractivity contribution in [3.05, 3.63) is 45.8 Å². The van der Waals surface area contributed by atoms with Gasteiger partial charge in [-0.1, -0.05) is 42.3 Å². The quantitative estimate of drug-likeness (QED) is 0.601. The summed E-state index contributed by atoms with van der Waals surface area (Å²) in [5.41, 5.74) is 2.21. The molecule has 0 radical (unpaired) electrons. The maximum Gasteiger partial charge on any atom is 0.154 e. The molecule has 0 unspecified atom stereocenters. The van der Waals surface area contributed by atoms with Gasteiger partial charge >= 0.3 is 0 Å². The monoisotopic (exact) mass is 320 g/mol. The first-order valence-electron chi connectivity index (χ1n) is 6.81. The van der Waals surface area contributed by atoms with Gasteiger partial charge in [0.15, 0.2) is 11.3 Å². The second kappa shape index (κ2) is 5.66. The average Bonchev–Trinajstić information content (AvgIpc) is 2.88. The maximum absolute atomic E-state index is 6.22. The molecular formula is C16H14Cl2N2O. The van der Waals surface area contributed by atoms with E-state index in [9.17, 15) is 0 Å². The SMILES string of the molecule is CCCc1nc(Cl)c(C)c(-c2cc3cccc(Cl)c3o2)n1. The van der Waals surface area contributed by atoms with Gasteiger partial charge in [0.1, 0.15) is 16.7 Å². The molecule has 1 aromatic carbocycles. The Hall–Kier alpha value is -1.58. The van der Waals surface area contributed by atoms with E-state index < -0.39 is 0 Å². The number of rotatable bonds is 3. The Morgan fingerprint density at radius 1 is 1.19 bits per heavy atom. The summed E-state index contributed by atoms with van der Waals surface area (Å²) in [5.74, 6) is 1.40.